The zero-order valence-electron chi connectivity index (χ0n) is 11.7. The first-order chi connectivity index (χ1) is 9.42. The highest BCUT2D eigenvalue weighted by Crippen LogP contribution is 2.24. The van der Waals surface area contributed by atoms with Gasteiger partial charge in [0.1, 0.15) is 11.6 Å². The van der Waals surface area contributed by atoms with E-state index >= 15 is 0 Å². The van der Waals surface area contributed by atoms with Gasteiger partial charge in [0.25, 0.3) is 0 Å². The highest BCUT2D eigenvalue weighted by molar-refractivity contribution is 5.56. The molecule has 1 aromatic carbocycles. The number of benzene rings is 1. The van der Waals surface area contributed by atoms with Gasteiger partial charge in [0.15, 0.2) is 5.82 Å². The highest BCUT2D eigenvalue weighted by atomic mass is 19.1. The molecule has 106 valence electrons. The number of rotatable bonds is 3. The summed E-state index contributed by atoms with van der Waals surface area (Å²) in [6.45, 7) is 6.21. The van der Waals surface area contributed by atoms with Crippen molar-refractivity contribution in [2.75, 3.05) is 6.54 Å². The van der Waals surface area contributed by atoms with E-state index in [1.807, 2.05) is 20.8 Å². The first-order valence-corrected chi connectivity index (χ1v) is 6.44. The Labute approximate surface area is 116 Å². The molecule has 1 aromatic heterocycles. The third-order valence-electron chi connectivity index (χ3n) is 3.29. The molecule has 0 saturated heterocycles. The zero-order chi connectivity index (χ0) is 14.9. The van der Waals surface area contributed by atoms with E-state index in [0.717, 1.165) is 23.0 Å². The van der Waals surface area contributed by atoms with Gasteiger partial charge in [-0.15, -0.1) is 0 Å². The smallest absolute Gasteiger partial charge is 0.159 e. The molecule has 1 atom stereocenters. The second kappa shape index (κ2) is 5.63. The van der Waals surface area contributed by atoms with Crippen molar-refractivity contribution >= 4 is 0 Å². The molecule has 5 heteroatoms. The van der Waals surface area contributed by atoms with Crippen LogP contribution in [0.1, 0.15) is 29.8 Å². The summed E-state index contributed by atoms with van der Waals surface area (Å²) in [7, 11) is 0. The fourth-order valence-electron chi connectivity index (χ4n) is 2.37. The average Bonchev–Trinajstić information content (AvgIpc) is 2.36. The van der Waals surface area contributed by atoms with Crippen LogP contribution in [-0.4, -0.2) is 16.5 Å². The Kier molecular flexibility index (Phi) is 4.09. The molecule has 0 spiro atoms. The fourth-order valence-corrected chi connectivity index (χ4v) is 2.37. The van der Waals surface area contributed by atoms with Crippen LogP contribution in [0.25, 0.3) is 11.4 Å². The molecule has 20 heavy (non-hydrogen) atoms. The average molecular weight is 277 g/mol. The molecule has 0 amide bonds. The van der Waals surface area contributed by atoms with Gasteiger partial charge < -0.3 is 5.73 Å². The van der Waals surface area contributed by atoms with E-state index in [0.29, 0.717) is 17.9 Å². The van der Waals surface area contributed by atoms with E-state index in [1.165, 1.54) is 12.1 Å². The number of hydrogen-bond donors (Lipinski definition) is 1. The van der Waals surface area contributed by atoms with Crippen LogP contribution in [0.5, 0.6) is 0 Å². The second-order valence-electron chi connectivity index (χ2n) is 4.93. The maximum Gasteiger partial charge on any atom is 0.159 e. The summed E-state index contributed by atoms with van der Waals surface area (Å²) in [5.41, 5.74) is 8.58. The van der Waals surface area contributed by atoms with Crippen molar-refractivity contribution in [3.63, 3.8) is 0 Å². The molecular weight excluding hydrogens is 260 g/mol. The molecule has 0 aliphatic heterocycles. The molecule has 0 bridgehead atoms. The third kappa shape index (κ3) is 2.82. The van der Waals surface area contributed by atoms with Gasteiger partial charge in [0.2, 0.25) is 0 Å². The Balaban J connectivity index is 2.54. The Hall–Kier alpha value is -1.88. The minimum absolute atomic E-state index is 0.147. The summed E-state index contributed by atoms with van der Waals surface area (Å²) in [4.78, 5) is 8.71. The molecule has 0 radical (unpaired) electrons. The quantitative estimate of drug-likeness (QED) is 0.938. The number of halogens is 2. The highest BCUT2D eigenvalue weighted by Gasteiger charge is 2.15. The summed E-state index contributed by atoms with van der Waals surface area (Å²) in [6.07, 6.45) is 0. The topological polar surface area (TPSA) is 51.8 Å². The summed E-state index contributed by atoms with van der Waals surface area (Å²) in [5, 5.41) is 0. The van der Waals surface area contributed by atoms with E-state index in [2.05, 4.69) is 9.97 Å². The van der Waals surface area contributed by atoms with Crippen LogP contribution in [0, 0.1) is 25.5 Å². The molecule has 1 unspecified atom stereocenters. The monoisotopic (exact) mass is 277 g/mol. The Morgan fingerprint density at radius 3 is 2.00 bits per heavy atom. The Morgan fingerprint density at radius 2 is 1.55 bits per heavy atom. The summed E-state index contributed by atoms with van der Waals surface area (Å²) < 4.78 is 26.5. The van der Waals surface area contributed by atoms with Crippen LogP contribution in [0.2, 0.25) is 0 Å². The largest absolute Gasteiger partial charge is 0.330 e. The van der Waals surface area contributed by atoms with Crippen LogP contribution in [0.15, 0.2) is 18.2 Å². The van der Waals surface area contributed by atoms with Crippen molar-refractivity contribution in [3.8, 4) is 11.4 Å². The molecule has 2 rings (SSSR count). The van der Waals surface area contributed by atoms with Crippen LogP contribution in [0.3, 0.4) is 0 Å². The molecule has 0 aliphatic carbocycles. The van der Waals surface area contributed by atoms with E-state index in [9.17, 15) is 8.78 Å². The van der Waals surface area contributed by atoms with Crippen molar-refractivity contribution in [1.82, 2.24) is 9.97 Å². The molecule has 2 aromatic rings. The molecule has 0 aliphatic rings. The molecule has 2 N–H and O–H groups in total. The van der Waals surface area contributed by atoms with Gasteiger partial charge in [-0.3, -0.25) is 0 Å². The first kappa shape index (κ1) is 14.5. The number of aromatic nitrogens is 2. The lowest BCUT2D eigenvalue weighted by Crippen LogP contribution is -2.14. The second-order valence-corrected chi connectivity index (χ2v) is 4.93. The van der Waals surface area contributed by atoms with E-state index < -0.39 is 11.6 Å². The molecule has 0 saturated carbocycles. The Bertz CT molecular complexity index is 598. The van der Waals surface area contributed by atoms with Crippen molar-refractivity contribution in [2.24, 2.45) is 5.73 Å². The summed E-state index contributed by atoms with van der Waals surface area (Å²) in [5.74, 6) is -0.809. The van der Waals surface area contributed by atoms with Gasteiger partial charge >= 0.3 is 0 Å². The van der Waals surface area contributed by atoms with Crippen LogP contribution in [-0.2, 0) is 0 Å². The minimum atomic E-state index is -0.640. The van der Waals surface area contributed by atoms with Gasteiger partial charge in [-0.05, 0) is 44.0 Å². The number of hydrogen-bond acceptors (Lipinski definition) is 3. The lowest BCUT2D eigenvalue weighted by Gasteiger charge is -2.15. The lowest BCUT2D eigenvalue weighted by atomic mass is 9.98. The van der Waals surface area contributed by atoms with Crippen molar-refractivity contribution in [2.45, 2.75) is 26.7 Å². The van der Waals surface area contributed by atoms with Gasteiger partial charge in [0.05, 0.1) is 0 Å². The van der Waals surface area contributed by atoms with Crippen LogP contribution >= 0.6 is 0 Å². The third-order valence-corrected chi connectivity index (χ3v) is 3.29. The summed E-state index contributed by atoms with van der Waals surface area (Å²) >= 11 is 0. The SMILES string of the molecule is Cc1nc(-c2cc(F)cc(F)c2)nc(C)c1C(C)CN. The predicted octanol–water partition coefficient (Wildman–Crippen LogP) is 3.10. The minimum Gasteiger partial charge on any atom is -0.330 e. The standard InChI is InChI=1S/C15H17F2N3/c1-8(7-18)14-9(2)19-15(20-10(14)3)11-4-12(16)6-13(17)5-11/h4-6,8H,7,18H2,1-3H3. The molecule has 0 fully saturated rings. The summed E-state index contributed by atoms with van der Waals surface area (Å²) in [6, 6.07) is 3.28. The maximum absolute atomic E-state index is 13.3. The van der Waals surface area contributed by atoms with E-state index in [-0.39, 0.29) is 5.92 Å². The zero-order valence-corrected chi connectivity index (χ0v) is 11.7. The van der Waals surface area contributed by atoms with Crippen LogP contribution < -0.4 is 5.73 Å². The van der Waals surface area contributed by atoms with Crippen molar-refractivity contribution < 1.29 is 8.78 Å². The molecule has 1 heterocycles. The Morgan fingerprint density at radius 1 is 1.05 bits per heavy atom. The molecule has 3 nitrogen and oxygen atoms in total. The van der Waals surface area contributed by atoms with Crippen LogP contribution in [0.4, 0.5) is 8.78 Å². The van der Waals surface area contributed by atoms with Gasteiger partial charge in [-0.25, -0.2) is 18.7 Å². The lowest BCUT2D eigenvalue weighted by molar-refractivity contribution is 0.584. The van der Waals surface area contributed by atoms with Gasteiger partial charge in [0, 0.05) is 23.0 Å². The van der Waals surface area contributed by atoms with Crippen molar-refractivity contribution in [3.05, 3.63) is 46.8 Å². The normalized spacial score (nSPS) is 12.5. The maximum atomic E-state index is 13.3. The van der Waals surface area contributed by atoms with E-state index in [1.54, 1.807) is 0 Å². The molecular formula is C15H17F2N3. The van der Waals surface area contributed by atoms with Gasteiger partial charge in [-0.2, -0.15) is 0 Å². The predicted molar refractivity (Wildman–Crippen MR) is 74.3 cm³/mol. The fraction of sp³-hybridized carbons (Fsp3) is 0.333. The number of nitrogens with zero attached hydrogens (tertiary/aromatic N) is 2. The van der Waals surface area contributed by atoms with Crippen molar-refractivity contribution in [1.29, 1.82) is 0 Å². The van der Waals surface area contributed by atoms with E-state index in [4.69, 9.17) is 5.73 Å². The first-order valence-electron chi connectivity index (χ1n) is 6.44. The van der Waals surface area contributed by atoms with Gasteiger partial charge in [-0.1, -0.05) is 6.92 Å². The number of nitrogens with two attached hydrogens (primary N) is 1. The number of aryl methyl sites for hydroxylation is 2.